The van der Waals surface area contributed by atoms with Gasteiger partial charge in [0.15, 0.2) is 11.5 Å². The van der Waals surface area contributed by atoms with Crippen molar-refractivity contribution in [3.8, 4) is 11.5 Å². The number of fused-ring (bicyclic) bond motifs is 1. The highest BCUT2D eigenvalue weighted by Gasteiger charge is 2.27. The van der Waals surface area contributed by atoms with E-state index in [1.54, 1.807) is 18.2 Å². The molecular formula is C20H20N2O4. The molecule has 1 aliphatic carbocycles. The lowest BCUT2D eigenvalue weighted by atomic mass is 10.1. The lowest BCUT2D eigenvalue weighted by Gasteiger charge is -2.25. The number of nitrogens with one attached hydrogen (secondary N) is 2. The first-order valence-corrected chi connectivity index (χ1v) is 8.75. The van der Waals surface area contributed by atoms with Crippen LogP contribution in [0.3, 0.4) is 0 Å². The Bertz CT molecular complexity index is 815. The molecule has 2 aromatic rings. The number of rotatable bonds is 5. The van der Waals surface area contributed by atoms with E-state index >= 15 is 0 Å². The zero-order valence-electron chi connectivity index (χ0n) is 14.2. The Kier molecular flexibility index (Phi) is 4.48. The molecule has 1 aliphatic heterocycles. The fourth-order valence-electron chi connectivity index (χ4n) is 2.77. The average Bonchev–Trinajstić information content (AvgIpc) is 3.46. The summed E-state index contributed by atoms with van der Waals surface area (Å²) in [5.41, 5.74) is 1.57. The molecule has 1 unspecified atom stereocenters. The zero-order valence-corrected chi connectivity index (χ0v) is 14.2. The maximum Gasteiger partial charge on any atom is 0.269 e. The van der Waals surface area contributed by atoms with E-state index in [9.17, 15) is 9.59 Å². The summed E-state index contributed by atoms with van der Waals surface area (Å²) in [6, 6.07) is 14.9. The van der Waals surface area contributed by atoms with Gasteiger partial charge in [-0.25, -0.2) is 0 Å². The zero-order chi connectivity index (χ0) is 17.9. The Hall–Kier alpha value is -3.02. The quantitative estimate of drug-likeness (QED) is 0.866. The number of hydrogen-bond acceptors (Lipinski definition) is 4. The summed E-state index contributed by atoms with van der Waals surface area (Å²) in [5, 5.41) is 5.78. The van der Waals surface area contributed by atoms with Gasteiger partial charge in [0, 0.05) is 11.7 Å². The minimum atomic E-state index is -0.700. The van der Waals surface area contributed by atoms with Crippen LogP contribution in [0.4, 0.5) is 5.69 Å². The van der Waals surface area contributed by atoms with Crippen molar-refractivity contribution in [3.05, 3.63) is 54.1 Å². The summed E-state index contributed by atoms with van der Waals surface area (Å²) < 4.78 is 11.3. The van der Waals surface area contributed by atoms with Gasteiger partial charge in [0.05, 0.1) is 6.42 Å². The largest absolute Gasteiger partial charge is 0.485 e. The molecule has 0 radical (unpaired) electrons. The third-order valence-electron chi connectivity index (χ3n) is 4.33. The summed E-state index contributed by atoms with van der Waals surface area (Å²) in [7, 11) is 0. The van der Waals surface area contributed by atoms with Gasteiger partial charge in [-0.2, -0.15) is 0 Å². The Labute approximate surface area is 151 Å². The minimum Gasteiger partial charge on any atom is -0.485 e. The highest BCUT2D eigenvalue weighted by atomic mass is 16.6. The van der Waals surface area contributed by atoms with Crippen LogP contribution in [0.15, 0.2) is 48.5 Å². The molecule has 1 heterocycles. The van der Waals surface area contributed by atoms with Gasteiger partial charge in [0.25, 0.3) is 5.91 Å². The second kappa shape index (κ2) is 7.07. The van der Waals surface area contributed by atoms with Crippen molar-refractivity contribution in [1.82, 2.24) is 5.32 Å². The van der Waals surface area contributed by atoms with E-state index in [1.165, 1.54) is 0 Å². The SMILES string of the molecule is O=C(Cc1ccc(NC(=O)C2COc3ccccc3O2)cc1)NC1CC1. The van der Waals surface area contributed by atoms with Crippen molar-refractivity contribution in [2.75, 3.05) is 11.9 Å². The molecule has 0 saturated heterocycles. The first-order valence-electron chi connectivity index (χ1n) is 8.75. The topological polar surface area (TPSA) is 76.7 Å². The normalized spacial score (nSPS) is 18.1. The molecule has 2 N–H and O–H groups in total. The molecular weight excluding hydrogens is 332 g/mol. The maximum atomic E-state index is 12.4. The van der Waals surface area contributed by atoms with Crippen LogP contribution < -0.4 is 20.1 Å². The average molecular weight is 352 g/mol. The van der Waals surface area contributed by atoms with Gasteiger partial charge in [-0.3, -0.25) is 9.59 Å². The van der Waals surface area contributed by atoms with Crippen molar-refractivity contribution in [1.29, 1.82) is 0 Å². The number of para-hydroxylation sites is 2. The van der Waals surface area contributed by atoms with Crippen LogP contribution >= 0.6 is 0 Å². The first-order chi connectivity index (χ1) is 12.7. The van der Waals surface area contributed by atoms with Gasteiger partial charge in [-0.05, 0) is 42.7 Å². The van der Waals surface area contributed by atoms with Gasteiger partial charge < -0.3 is 20.1 Å². The van der Waals surface area contributed by atoms with Crippen LogP contribution in [0, 0.1) is 0 Å². The van der Waals surface area contributed by atoms with E-state index < -0.39 is 6.10 Å². The molecule has 6 heteroatoms. The highest BCUT2D eigenvalue weighted by molar-refractivity contribution is 5.94. The Morgan fingerprint density at radius 1 is 1.00 bits per heavy atom. The molecule has 2 aromatic carbocycles. The minimum absolute atomic E-state index is 0.0377. The number of hydrogen-bond donors (Lipinski definition) is 2. The van der Waals surface area contributed by atoms with Crippen LogP contribution in [0.1, 0.15) is 18.4 Å². The van der Waals surface area contributed by atoms with Crippen LogP contribution in [0.2, 0.25) is 0 Å². The molecule has 2 amide bonds. The number of carbonyl (C=O) groups is 2. The van der Waals surface area contributed by atoms with Gasteiger partial charge in [0.1, 0.15) is 6.61 Å². The van der Waals surface area contributed by atoms with E-state index in [2.05, 4.69) is 10.6 Å². The second-order valence-corrected chi connectivity index (χ2v) is 6.57. The summed E-state index contributed by atoms with van der Waals surface area (Å²) in [4.78, 5) is 24.2. The van der Waals surface area contributed by atoms with Gasteiger partial charge >= 0.3 is 0 Å². The molecule has 26 heavy (non-hydrogen) atoms. The molecule has 6 nitrogen and oxygen atoms in total. The lowest BCUT2D eigenvalue weighted by Crippen LogP contribution is -2.40. The van der Waals surface area contributed by atoms with Crippen molar-refractivity contribution >= 4 is 17.5 Å². The van der Waals surface area contributed by atoms with Crippen molar-refractivity contribution in [2.45, 2.75) is 31.4 Å². The smallest absolute Gasteiger partial charge is 0.269 e. The fourth-order valence-corrected chi connectivity index (χ4v) is 2.77. The molecule has 1 fully saturated rings. The molecule has 134 valence electrons. The summed E-state index contributed by atoms with van der Waals surface area (Å²) in [6.45, 7) is 0.169. The third-order valence-corrected chi connectivity index (χ3v) is 4.33. The van der Waals surface area contributed by atoms with Gasteiger partial charge in [-0.15, -0.1) is 0 Å². The predicted octanol–water partition coefficient (Wildman–Crippen LogP) is 2.29. The van der Waals surface area contributed by atoms with Crippen molar-refractivity contribution in [2.24, 2.45) is 0 Å². The first kappa shape index (κ1) is 16.4. The lowest BCUT2D eigenvalue weighted by molar-refractivity contribution is -0.125. The van der Waals surface area contributed by atoms with Crippen LogP contribution in [-0.4, -0.2) is 30.6 Å². The summed E-state index contributed by atoms with van der Waals surface area (Å²) in [6.07, 6.45) is 1.80. The standard InChI is InChI=1S/C20H20N2O4/c23-19(21-14-9-10-14)11-13-5-7-15(8-6-13)22-20(24)18-12-25-16-3-1-2-4-17(16)26-18/h1-8,14,18H,9-12H2,(H,21,23)(H,22,24). The molecule has 0 bridgehead atoms. The number of anilines is 1. The van der Waals surface area contributed by atoms with Crippen molar-refractivity contribution in [3.63, 3.8) is 0 Å². The van der Waals surface area contributed by atoms with Crippen LogP contribution in [-0.2, 0) is 16.0 Å². The number of carbonyl (C=O) groups excluding carboxylic acids is 2. The van der Waals surface area contributed by atoms with Gasteiger partial charge in [-0.1, -0.05) is 24.3 Å². The molecule has 2 aliphatic rings. The van der Waals surface area contributed by atoms with E-state index in [4.69, 9.17) is 9.47 Å². The number of ether oxygens (including phenoxy) is 2. The Morgan fingerprint density at radius 2 is 1.73 bits per heavy atom. The van der Waals surface area contributed by atoms with E-state index in [1.807, 2.05) is 30.3 Å². The fraction of sp³-hybridized carbons (Fsp3) is 0.300. The Morgan fingerprint density at radius 3 is 2.46 bits per heavy atom. The monoisotopic (exact) mass is 352 g/mol. The van der Waals surface area contributed by atoms with E-state index in [0.29, 0.717) is 29.6 Å². The highest BCUT2D eigenvalue weighted by Crippen LogP contribution is 2.31. The van der Waals surface area contributed by atoms with E-state index in [-0.39, 0.29) is 18.4 Å². The molecule has 1 saturated carbocycles. The van der Waals surface area contributed by atoms with Crippen LogP contribution in [0.25, 0.3) is 0 Å². The second-order valence-electron chi connectivity index (χ2n) is 6.57. The molecule has 0 aromatic heterocycles. The number of benzene rings is 2. The van der Waals surface area contributed by atoms with Crippen LogP contribution in [0.5, 0.6) is 11.5 Å². The number of amides is 2. The third kappa shape index (κ3) is 3.96. The molecule has 4 rings (SSSR count). The molecule has 0 spiro atoms. The van der Waals surface area contributed by atoms with Gasteiger partial charge in [0.2, 0.25) is 12.0 Å². The maximum absolute atomic E-state index is 12.4. The summed E-state index contributed by atoms with van der Waals surface area (Å²) in [5.74, 6) is 0.982. The van der Waals surface area contributed by atoms with Crippen molar-refractivity contribution < 1.29 is 19.1 Å². The summed E-state index contributed by atoms with van der Waals surface area (Å²) >= 11 is 0. The molecule has 1 atom stereocenters. The van der Waals surface area contributed by atoms with E-state index in [0.717, 1.165) is 18.4 Å². The predicted molar refractivity (Wildman–Crippen MR) is 96.3 cm³/mol. The Balaban J connectivity index is 1.32.